The van der Waals surface area contributed by atoms with Crippen molar-refractivity contribution in [3.63, 3.8) is 0 Å². The molecule has 0 saturated heterocycles. The molecule has 0 radical (unpaired) electrons. The van der Waals surface area contributed by atoms with Crippen molar-refractivity contribution in [1.29, 1.82) is 0 Å². The van der Waals surface area contributed by atoms with Crippen LogP contribution in [0.2, 0.25) is 0 Å². The lowest BCUT2D eigenvalue weighted by molar-refractivity contribution is 0.465. The summed E-state index contributed by atoms with van der Waals surface area (Å²) in [5.74, 6) is 0.806. The minimum absolute atomic E-state index is 0.0928. The van der Waals surface area contributed by atoms with Gasteiger partial charge in [-0.25, -0.2) is 0 Å². The van der Waals surface area contributed by atoms with E-state index >= 15 is 0 Å². The number of phenols is 2. The summed E-state index contributed by atoms with van der Waals surface area (Å²) in [6.07, 6.45) is 0. The van der Waals surface area contributed by atoms with Crippen LogP contribution in [-0.2, 0) is 0 Å². The van der Waals surface area contributed by atoms with Crippen LogP contribution in [0, 0.1) is 0 Å². The van der Waals surface area contributed by atoms with E-state index in [1.165, 1.54) is 11.1 Å². The van der Waals surface area contributed by atoms with Gasteiger partial charge in [0.2, 0.25) is 0 Å². The van der Waals surface area contributed by atoms with Crippen LogP contribution in [0.4, 0.5) is 0 Å². The summed E-state index contributed by atoms with van der Waals surface area (Å²) in [7, 11) is 0. The standard InChI is InChI=1S/C28H26O2S/c1-19(21-9-5-3-6-10-21)25-17-23(13-15-27(25)29)31-24-14-16-28(30)26(18-24)20(2)22-11-7-4-8-12-22/h3-20,29-30H,1-2H3. The Kier molecular flexibility index (Phi) is 6.34. The van der Waals surface area contributed by atoms with E-state index in [-0.39, 0.29) is 11.8 Å². The molecule has 156 valence electrons. The van der Waals surface area contributed by atoms with Crippen LogP contribution in [-0.4, -0.2) is 10.2 Å². The minimum Gasteiger partial charge on any atom is -0.508 e. The Hall–Kier alpha value is -3.17. The van der Waals surface area contributed by atoms with Gasteiger partial charge in [0.15, 0.2) is 0 Å². The van der Waals surface area contributed by atoms with Crippen LogP contribution in [0.25, 0.3) is 0 Å². The molecule has 0 bridgehead atoms. The monoisotopic (exact) mass is 426 g/mol. The van der Waals surface area contributed by atoms with Crippen molar-refractivity contribution in [2.75, 3.05) is 0 Å². The quantitative estimate of drug-likeness (QED) is 0.334. The number of aromatic hydroxyl groups is 2. The van der Waals surface area contributed by atoms with E-state index in [4.69, 9.17) is 0 Å². The number of hydrogen-bond acceptors (Lipinski definition) is 3. The first kappa shape index (κ1) is 21.1. The Bertz CT molecular complexity index is 1060. The van der Waals surface area contributed by atoms with Gasteiger partial charge in [0.25, 0.3) is 0 Å². The highest BCUT2D eigenvalue weighted by Gasteiger charge is 2.16. The van der Waals surface area contributed by atoms with E-state index in [1.807, 2.05) is 48.5 Å². The summed E-state index contributed by atoms with van der Waals surface area (Å²) in [6, 6.07) is 32.0. The van der Waals surface area contributed by atoms with E-state index in [2.05, 4.69) is 50.2 Å². The Balaban J connectivity index is 1.61. The largest absolute Gasteiger partial charge is 0.508 e. The predicted molar refractivity (Wildman–Crippen MR) is 128 cm³/mol. The molecular formula is C28H26O2S. The lowest BCUT2D eigenvalue weighted by atomic mass is 9.92. The van der Waals surface area contributed by atoms with Gasteiger partial charge < -0.3 is 10.2 Å². The first-order valence-corrected chi connectivity index (χ1v) is 11.3. The molecule has 2 unspecified atom stereocenters. The molecule has 0 aromatic heterocycles. The van der Waals surface area contributed by atoms with Crippen molar-refractivity contribution < 1.29 is 10.2 Å². The Labute approximate surface area is 188 Å². The zero-order valence-electron chi connectivity index (χ0n) is 17.7. The molecule has 0 fully saturated rings. The van der Waals surface area contributed by atoms with E-state index in [0.717, 1.165) is 20.9 Å². The van der Waals surface area contributed by atoms with Gasteiger partial charge in [0.1, 0.15) is 11.5 Å². The normalized spacial score (nSPS) is 13.0. The fourth-order valence-corrected chi connectivity index (χ4v) is 4.78. The molecule has 3 heteroatoms. The Morgan fingerprint density at radius 3 is 1.32 bits per heavy atom. The molecule has 0 heterocycles. The third-order valence-electron chi connectivity index (χ3n) is 5.77. The zero-order chi connectivity index (χ0) is 21.8. The molecule has 4 rings (SSSR count). The van der Waals surface area contributed by atoms with Gasteiger partial charge in [-0.3, -0.25) is 0 Å². The number of benzene rings is 4. The van der Waals surface area contributed by atoms with E-state index in [0.29, 0.717) is 11.5 Å². The second-order valence-corrected chi connectivity index (χ2v) is 8.95. The maximum Gasteiger partial charge on any atom is 0.119 e. The van der Waals surface area contributed by atoms with Gasteiger partial charge in [0.05, 0.1) is 0 Å². The summed E-state index contributed by atoms with van der Waals surface area (Å²) in [4.78, 5) is 2.11. The lowest BCUT2D eigenvalue weighted by Gasteiger charge is -2.17. The summed E-state index contributed by atoms with van der Waals surface area (Å²) < 4.78 is 0. The van der Waals surface area contributed by atoms with Gasteiger partial charge in [-0.1, -0.05) is 86.3 Å². The topological polar surface area (TPSA) is 40.5 Å². The summed E-state index contributed by atoms with van der Waals surface area (Å²) in [5.41, 5.74) is 4.16. The van der Waals surface area contributed by atoms with Crippen molar-refractivity contribution in [2.45, 2.75) is 35.5 Å². The average molecular weight is 427 g/mol. The van der Waals surface area contributed by atoms with Crippen LogP contribution in [0.15, 0.2) is 107 Å². The maximum atomic E-state index is 10.5. The Morgan fingerprint density at radius 1 is 0.548 bits per heavy atom. The van der Waals surface area contributed by atoms with Crippen LogP contribution < -0.4 is 0 Å². The van der Waals surface area contributed by atoms with E-state index < -0.39 is 0 Å². The van der Waals surface area contributed by atoms with Crippen LogP contribution in [0.5, 0.6) is 11.5 Å². The maximum absolute atomic E-state index is 10.5. The van der Waals surface area contributed by atoms with Crippen molar-refractivity contribution in [2.24, 2.45) is 0 Å². The van der Waals surface area contributed by atoms with Crippen molar-refractivity contribution in [3.8, 4) is 11.5 Å². The number of phenolic OH excluding ortho intramolecular Hbond substituents is 2. The summed E-state index contributed by atoms with van der Waals surface area (Å²) in [5, 5.41) is 20.9. The second-order valence-electron chi connectivity index (χ2n) is 7.81. The summed E-state index contributed by atoms with van der Waals surface area (Å²) in [6.45, 7) is 4.22. The Morgan fingerprint density at radius 2 is 0.935 bits per heavy atom. The fourth-order valence-electron chi connectivity index (χ4n) is 3.86. The van der Waals surface area contributed by atoms with Crippen LogP contribution in [0.3, 0.4) is 0 Å². The number of rotatable bonds is 6. The molecule has 0 aliphatic carbocycles. The molecule has 2 atom stereocenters. The van der Waals surface area contributed by atoms with E-state index in [9.17, 15) is 10.2 Å². The second kappa shape index (κ2) is 9.32. The van der Waals surface area contributed by atoms with Gasteiger partial charge in [-0.2, -0.15) is 0 Å². The van der Waals surface area contributed by atoms with E-state index in [1.54, 1.807) is 23.9 Å². The molecule has 0 saturated carbocycles. The number of hydrogen-bond donors (Lipinski definition) is 2. The average Bonchev–Trinajstić information content (AvgIpc) is 2.82. The SMILES string of the molecule is CC(c1ccccc1)c1cc(Sc2ccc(O)c(C(C)c3ccccc3)c2)ccc1O. The molecule has 4 aromatic rings. The third kappa shape index (κ3) is 4.78. The summed E-state index contributed by atoms with van der Waals surface area (Å²) >= 11 is 1.64. The minimum atomic E-state index is 0.0928. The molecule has 0 aliphatic rings. The van der Waals surface area contributed by atoms with Gasteiger partial charge in [0, 0.05) is 32.8 Å². The van der Waals surface area contributed by atoms with Crippen LogP contribution in [0.1, 0.15) is 47.9 Å². The van der Waals surface area contributed by atoms with Crippen LogP contribution >= 0.6 is 11.8 Å². The molecule has 0 amide bonds. The van der Waals surface area contributed by atoms with Crippen molar-refractivity contribution >= 4 is 11.8 Å². The van der Waals surface area contributed by atoms with Crippen molar-refractivity contribution in [1.82, 2.24) is 0 Å². The molecule has 0 aliphatic heterocycles. The van der Waals surface area contributed by atoms with Gasteiger partial charge >= 0.3 is 0 Å². The molecular weight excluding hydrogens is 400 g/mol. The molecule has 31 heavy (non-hydrogen) atoms. The molecule has 4 aromatic carbocycles. The lowest BCUT2D eigenvalue weighted by Crippen LogP contribution is -1.97. The highest BCUT2D eigenvalue weighted by Crippen LogP contribution is 2.39. The zero-order valence-corrected chi connectivity index (χ0v) is 18.5. The van der Waals surface area contributed by atoms with Gasteiger partial charge in [-0.15, -0.1) is 0 Å². The first-order valence-electron chi connectivity index (χ1n) is 10.5. The smallest absolute Gasteiger partial charge is 0.119 e. The highest BCUT2D eigenvalue weighted by atomic mass is 32.2. The highest BCUT2D eigenvalue weighted by molar-refractivity contribution is 7.99. The predicted octanol–water partition coefficient (Wildman–Crippen LogP) is 7.55. The molecule has 2 nitrogen and oxygen atoms in total. The fraction of sp³-hybridized carbons (Fsp3) is 0.143. The molecule has 0 spiro atoms. The van der Waals surface area contributed by atoms with Gasteiger partial charge in [-0.05, 0) is 47.5 Å². The first-order chi connectivity index (χ1) is 15.0. The third-order valence-corrected chi connectivity index (χ3v) is 6.75. The molecule has 2 N–H and O–H groups in total. The van der Waals surface area contributed by atoms with Crippen molar-refractivity contribution in [3.05, 3.63) is 119 Å².